The fraction of sp³-hybridized carbons (Fsp3) is 0.164. The summed E-state index contributed by atoms with van der Waals surface area (Å²) in [5.74, 6) is 0. The fourth-order valence-corrected chi connectivity index (χ4v) is 11.5. The predicted octanol–water partition coefficient (Wildman–Crippen LogP) is 14.8. The van der Waals surface area contributed by atoms with Gasteiger partial charge in [0.1, 0.15) is 0 Å². The monoisotopic (exact) mass is 702 g/mol. The van der Waals surface area contributed by atoms with E-state index in [1.807, 2.05) is 0 Å². The molecule has 0 nitrogen and oxygen atoms in total. The Kier molecular flexibility index (Phi) is 5.82. The molecule has 0 heterocycles. The van der Waals surface area contributed by atoms with Crippen molar-refractivity contribution in [3.8, 4) is 55.6 Å². The SMILES string of the molecule is CC1(C)c2ccccc2-c2ccc(-c3cc(-c4ccc5c(c4)C(C)(C)c4ccccc4-5)c4ccc5c6c(cc7ccc3c4c75)-c3ccccc3C6(C)C)cc21. The van der Waals surface area contributed by atoms with Crippen LogP contribution in [0.3, 0.4) is 0 Å². The molecule has 0 unspecified atom stereocenters. The van der Waals surface area contributed by atoms with Crippen LogP contribution in [0.5, 0.6) is 0 Å². The topological polar surface area (TPSA) is 0 Å². The molecule has 0 aromatic heterocycles. The van der Waals surface area contributed by atoms with Crippen LogP contribution in [-0.2, 0) is 16.2 Å². The molecule has 0 aliphatic heterocycles. The summed E-state index contributed by atoms with van der Waals surface area (Å²) in [4.78, 5) is 0. The van der Waals surface area contributed by atoms with Crippen LogP contribution in [-0.4, -0.2) is 0 Å². The van der Waals surface area contributed by atoms with Crippen LogP contribution in [0.1, 0.15) is 74.9 Å². The van der Waals surface area contributed by atoms with Crippen LogP contribution in [0.2, 0.25) is 0 Å². The van der Waals surface area contributed by atoms with E-state index in [9.17, 15) is 0 Å². The van der Waals surface area contributed by atoms with Gasteiger partial charge in [0.15, 0.2) is 0 Å². The highest BCUT2D eigenvalue weighted by Gasteiger charge is 2.39. The molecule has 0 amide bonds. The zero-order chi connectivity index (χ0) is 37.2. The lowest BCUT2D eigenvalue weighted by molar-refractivity contribution is 0.660. The Morgan fingerprint density at radius 1 is 0.291 bits per heavy atom. The van der Waals surface area contributed by atoms with Crippen molar-refractivity contribution in [2.24, 2.45) is 0 Å². The van der Waals surface area contributed by atoms with Gasteiger partial charge in [-0.25, -0.2) is 0 Å². The maximum atomic E-state index is 2.51. The number of benzene rings is 9. The molecule has 55 heavy (non-hydrogen) atoms. The summed E-state index contributed by atoms with van der Waals surface area (Å²) in [5, 5.41) is 8.12. The van der Waals surface area contributed by atoms with Gasteiger partial charge in [0, 0.05) is 16.2 Å². The molecule has 0 spiro atoms. The number of rotatable bonds is 2. The first-order valence-corrected chi connectivity index (χ1v) is 19.9. The summed E-state index contributed by atoms with van der Waals surface area (Å²) < 4.78 is 0. The smallest absolute Gasteiger partial charge is 0.0165 e. The Labute approximate surface area is 323 Å². The standard InChI is InChI=1S/C55H42/c1-53(2)45-16-10-7-13-34(45)37-22-19-31(28-48(37)53)42-30-43(32-20-23-38-35-14-8-11-17-46(35)54(3,4)49(38)29-32)40-25-26-41-50-33(21-24-39(42)51(40)50)27-44-36-15-9-12-18-47(36)55(5,6)52(41)44/h7-30H,1-6H3. The van der Waals surface area contributed by atoms with Crippen molar-refractivity contribution in [1.82, 2.24) is 0 Å². The van der Waals surface area contributed by atoms with E-state index in [-0.39, 0.29) is 16.2 Å². The molecule has 0 heteroatoms. The van der Waals surface area contributed by atoms with Gasteiger partial charge in [-0.15, -0.1) is 0 Å². The molecule has 0 fully saturated rings. The first-order valence-electron chi connectivity index (χ1n) is 19.9. The maximum Gasteiger partial charge on any atom is 0.0165 e. The van der Waals surface area contributed by atoms with Gasteiger partial charge in [-0.1, -0.05) is 163 Å². The predicted molar refractivity (Wildman–Crippen MR) is 234 cm³/mol. The van der Waals surface area contributed by atoms with Crippen molar-refractivity contribution in [1.29, 1.82) is 0 Å². The molecule has 9 aromatic rings. The normalized spacial score (nSPS) is 16.3. The molecule has 0 bridgehead atoms. The van der Waals surface area contributed by atoms with Gasteiger partial charge in [0.05, 0.1) is 0 Å². The molecule has 0 saturated heterocycles. The zero-order valence-electron chi connectivity index (χ0n) is 32.4. The third-order valence-electron chi connectivity index (χ3n) is 14.2. The lowest BCUT2D eigenvalue weighted by atomic mass is 9.77. The van der Waals surface area contributed by atoms with E-state index in [1.54, 1.807) is 0 Å². The molecule has 0 N–H and O–H groups in total. The molecular formula is C55H42. The van der Waals surface area contributed by atoms with E-state index in [2.05, 4.69) is 187 Å². The van der Waals surface area contributed by atoms with Crippen LogP contribution < -0.4 is 0 Å². The molecule has 0 atom stereocenters. The summed E-state index contributed by atoms with van der Waals surface area (Å²) in [6.45, 7) is 14.4. The quantitative estimate of drug-likeness (QED) is 0.157. The van der Waals surface area contributed by atoms with Crippen molar-refractivity contribution in [3.63, 3.8) is 0 Å². The van der Waals surface area contributed by atoms with Crippen LogP contribution in [0, 0.1) is 0 Å². The zero-order valence-corrected chi connectivity index (χ0v) is 32.4. The molecule has 3 aliphatic carbocycles. The van der Waals surface area contributed by atoms with E-state index in [0.29, 0.717) is 0 Å². The maximum absolute atomic E-state index is 2.51. The first-order chi connectivity index (χ1) is 26.5. The van der Waals surface area contributed by atoms with Crippen LogP contribution in [0.25, 0.3) is 88.0 Å². The van der Waals surface area contributed by atoms with Crippen molar-refractivity contribution < 1.29 is 0 Å². The summed E-state index contributed by atoms with van der Waals surface area (Å²) in [6.07, 6.45) is 0. The van der Waals surface area contributed by atoms with Gasteiger partial charge in [0.2, 0.25) is 0 Å². The second-order valence-electron chi connectivity index (χ2n) is 18.1. The van der Waals surface area contributed by atoms with Crippen molar-refractivity contribution in [2.45, 2.75) is 57.8 Å². The average molecular weight is 703 g/mol. The minimum Gasteiger partial charge on any atom is -0.0619 e. The lowest BCUT2D eigenvalue weighted by Gasteiger charge is -2.26. The van der Waals surface area contributed by atoms with Gasteiger partial charge >= 0.3 is 0 Å². The Bertz CT molecular complexity index is 3040. The molecule has 3 aliphatic rings. The van der Waals surface area contributed by atoms with E-state index < -0.39 is 0 Å². The van der Waals surface area contributed by atoms with Gasteiger partial charge in [-0.2, -0.15) is 0 Å². The van der Waals surface area contributed by atoms with E-state index >= 15 is 0 Å². The van der Waals surface area contributed by atoms with E-state index in [0.717, 1.165) is 0 Å². The van der Waals surface area contributed by atoms with E-state index in [1.165, 1.54) is 121 Å². The minimum absolute atomic E-state index is 0.0731. The van der Waals surface area contributed by atoms with Gasteiger partial charge in [0.25, 0.3) is 0 Å². The summed E-state index contributed by atoms with van der Waals surface area (Å²) in [6, 6.07) is 56.2. The summed E-state index contributed by atoms with van der Waals surface area (Å²) in [5.41, 5.74) is 21.7. The number of hydrogen-bond acceptors (Lipinski definition) is 0. The molecule has 262 valence electrons. The summed E-state index contributed by atoms with van der Waals surface area (Å²) in [7, 11) is 0. The van der Waals surface area contributed by atoms with Crippen molar-refractivity contribution >= 4 is 32.3 Å². The minimum atomic E-state index is -0.0962. The molecule has 12 rings (SSSR count). The summed E-state index contributed by atoms with van der Waals surface area (Å²) >= 11 is 0. The highest BCUT2D eigenvalue weighted by Crippen LogP contribution is 2.56. The third-order valence-corrected chi connectivity index (χ3v) is 14.2. The number of hydrogen-bond donors (Lipinski definition) is 0. The van der Waals surface area contributed by atoms with Gasteiger partial charge in [-0.3, -0.25) is 0 Å². The second kappa shape index (κ2) is 10.2. The first kappa shape index (κ1) is 31.4. The van der Waals surface area contributed by atoms with Crippen molar-refractivity contribution in [2.75, 3.05) is 0 Å². The van der Waals surface area contributed by atoms with Gasteiger partial charge < -0.3 is 0 Å². The molecule has 9 aromatic carbocycles. The van der Waals surface area contributed by atoms with Crippen LogP contribution in [0.4, 0.5) is 0 Å². The number of fused-ring (bicyclic) bond motifs is 10. The van der Waals surface area contributed by atoms with E-state index in [4.69, 9.17) is 0 Å². The largest absolute Gasteiger partial charge is 0.0619 e. The second-order valence-corrected chi connectivity index (χ2v) is 18.1. The molecule has 0 radical (unpaired) electrons. The van der Waals surface area contributed by atoms with Crippen molar-refractivity contribution in [3.05, 3.63) is 179 Å². The fourth-order valence-electron chi connectivity index (χ4n) is 11.5. The molecule has 0 saturated carbocycles. The highest BCUT2D eigenvalue weighted by atomic mass is 14.4. The van der Waals surface area contributed by atoms with Crippen LogP contribution >= 0.6 is 0 Å². The third kappa shape index (κ3) is 3.83. The Hall–Kier alpha value is -5.98. The lowest BCUT2D eigenvalue weighted by Crippen LogP contribution is -2.15. The van der Waals surface area contributed by atoms with Gasteiger partial charge in [-0.05, 0) is 146 Å². The Morgan fingerprint density at radius 2 is 0.727 bits per heavy atom. The Balaban J connectivity index is 1.17. The highest BCUT2D eigenvalue weighted by molar-refractivity contribution is 6.30. The molecular weight excluding hydrogens is 661 g/mol. The van der Waals surface area contributed by atoms with Crippen LogP contribution in [0.15, 0.2) is 146 Å². The Morgan fingerprint density at radius 3 is 1.27 bits per heavy atom. The average Bonchev–Trinajstić information content (AvgIpc) is 3.69.